The lowest BCUT2D eigenvalue weighted by Crippen LogP contribution is -2.17. The first kappa shape index (κ1) is 19.5. The fourth-order valence-electron chi connectivity index (χ4n) is 4.35. The molecule has 4 aromatic rings. The highest BCUT2D eigenvalue weighted by Gasteiger charge is 2.25. The first-order valence-corrected chi connectivity index (χ1v) is 10.9. The average Bonchev–Trinajstić information content (AvgIpc) is 3.38. The number of imidazole rings is 1. The number of hydrogen-bond donors (Lipinski definition) is 0. The van der Waals surface area contributed by atoms with Gasteiger partial charge in [0.15, 0.2) is 5.82 Å². The lowest BCUT2D eigenvalue weighted by Gasteiger charge is -2.22. The van der Waals surface area contributed by atoms with Crippen LogP contribution in [0.15, 0.2) is 55.0 Å². The Kier molecular flexibility index (Phi) is 5.02. The summed E-state index contributed by atoms with van der Waals surface area (Å²) in [7, 11) is 0. The van der Waals surface area contributed by atoms with Crippen LogP contribution in [0.5, 0.6) is 0 Å². The molecule has 0 N–H and O–H groups in total. The van der Waals surface area contributed by atoms with Gasteiger partial charge in [-0.25, -0.2) is 14.6 Å². The molecule has 3 heterocycles. The van der Waals surface area contributed by atoms with E-state index >= 15 is 0 Å². The van der Waals surface area contributed by atoms with Crippen molar-refractivity contribution < 1.29 is 0 Å². The Hall–Kier alpha value is -3.47. The minimum Gasteiger partial charge on any atom is -0.306 e. The third-order valence-corrected chi connectivity index (χ3v) is 6.01. The van der Waals surface area contributed by atoms with Gasteiger partial charge in [0.25, 0.3) is 0 Å². The van der Waals surface area contributed by atoms with Gasteiger partial charge >= 0.3 is 0 Å². The fraction of sp³-hybridized carbons (Fsp3) is 0.269. The maximum atomic E-state index is 4.89. The third kappa shape index (κ3) is 3.96. The van der Waals surface area contributed by atoms with E-state index in [0.717, 1.165) is 48.0 Å². The summed E-state index contributed by atoms with van der Waals surface area (Å²) in [4.78, 5) is 9.22. The van der Waals surface area contributed by atoms with Crippen LogP contribution in [0, 0.1) is 20.8 Å². The number of fused-ring (bicyclic) bond motifs is 1. The van der Waals surface area contributed by atoms with E-state index in [2.05, 4.69) is 76.6 Å². The van der Waals surface area contributed by atoms with Gasteiger partial charge in [-0.05, 0) is 68.5 Å². The number of aryl methyl sites for hydroxylation is 4. The van der Waals surface area contributed by atoms with Crippen LogP contribution in [0.1, 0.15) is 58.4 Å². The minimum atomic E-state index is 0.323. The fourth-order valence-corrected chi connectivity index (χ4v) is 4.35. The first-order valence-electron chi connectivity index (χ1n) is 10.9. The van der Waals surface area contributed by atoms with Crippen LogP contribution in [0.25, 0.3) is 17.8 Å². The monoisotopic (exact) mass is 409 g/mol. The van der Waals surface area contributed by atoms with Gasteiger partial charge < -0.3 is 4.57 Å². The van der Waals surface area contributed by atoms with Crippen LogP contribution < -0.4 is 0 Å². The van der Waals surface area contributed by atoms with Crippen molar-refractivity contribution in [2.24, 2.45) is 0 Å². The van der Waals surface area contributed by atoms with E-state index in [0.29, 0.717) is 5.92 Å². The predicted molar refractivity (Wildman–Crippen MR) is 124 cm³/mol. The average molecular weight is 410 g/mol. The smallest absolute Gasteiger partial charge is 0.174 e. The van der Waals surface area contributed by atoms with Crippen molar-refractivity contribution >= 4 is 12.2 Å². The molecule has 0 unspecified atom stereocenters. The molecule has 5 nitrogen and oxygen atoms in total. The summed E-state index contributed by atoms with van der Waals surface area (Å²) in [6.07, 6.45) is 10.3. The van der Waals surface area contributed by atoms with E-state index < -0.39 is 0 Å². The largest absolute Gasteiger partial charge is 0.306 e. The van der Waals surface area contributed by atoms with E-state index in [-0.39, 0.29) is 0 Å². The molecular formula is C26H27N5. The summed E-state index contributed by atoms with van der Waals surface area (Å²) >= 11 is 0. The van der Waals surface area contributed by atoms with Crippen molar-refractivity contribution in [1.29, 1.82) is 0 Å². The molecule has 156 valence electrons. The summed E-state index contributed by atoms with van der Waals surface area (Å²) in [6.45, 7) is 7.20. The van der Waals surface area contributed by atoms with Gasteiger partial charge in [0.2, 0.25) is 0 Å². The van der Waals surface area contributed by atoms with Crippen LogP contribution in [0.2, 0.25) is 0 Å². The summed E-state index contributed by atoms with van der Waals surface area (Å²) in [5, 5.41) is 4.76. The summed E-state index contributed by atoms with van der Waals surface area (Å²) in [5.41, 5.74) is 7.12. The zero-order chi connectivity index (χ0) is 21.4. The van der Waals surface area contributed by atoms with Gasteiger partial charge in [-0.1, -0.05) is 42.0 Å². The van der Waals surface area contributed by atoms with Gasteiger partial charge in [0, 0.05) is 24.3 Å². The SMILES string of the molecule is Cc1ccc([C@@H]2CCCn3nc(/C=C/c4ccc(-n5cnc(C)c5)c(C)c4)nc32)cc1. The summed E-state index contributed by atoms with van der Waals surface area (Å²) < 4.78 is 4.15. The molecule has 2 aromatic heterocycles. The highest BCUT2D eigenvalue weighted by atomic mass is 15.4. The van der Waals surface area contributed by atoms with Gasteiger partial charge in [-0.15, -0.1) is 0 Å². The van der Waals surface area contributed by atoms with E-state index in [1.54, 1.807) is 0 Å². The standard InChI is InChI=1S/C26H27N5/c1-18-6-10-22(11-7-18)23-5-4-14-31-26(23)28-25(29-31)13-9-21-8-12-24(19(2)15-21)30-16-20(3)27-17-30/h6-13,15-17,23H,4-5,14H2,1-3H3/b13-9+/t23-/m0/s1. The Bertz CT molecular complexity index is 1240. The van der Waals surface area contributed by atoms with Crippen molar-refractivity contribution in [3.05, 3.63) is 94.6 Å². The van der Waals surface area contributed by atoms with E-state index in [9.17, 15) is 0 Å². The summed E-state index contributed by atoms with van der Waals surface area (Å²) in [5.74, 6) is 2.18. The number of nitrogens with zero attached hydrogens (tertiary/aromatic N) is 5. The summed E-state index contributed by atoms with van der Waals surface area (Å²) in [6, 6.07) is 15.3. The Balaban J connectivity index is 1.38. The molecule has 0 saturated carbocycles. The van der Waals surface area contributed by atoms with Crippen LogP contribution in [-0.4, -0.2) is 24.3 Å². The predicted octanol–water partition coefficient (Wildman–Crippen LogP) is 5.49. The molecular weight excluding hydrogens is 382 g/mol. The molecule has 31 heavy (non-hydrogen) atoms. The van der Waals surface area contributed by atoms with Gasteiger partial charge in [0.05, 0.1) is 12.0 Å². The molecule has 2 aromatic carbocycles. The molecule has 0 amide bonds. The number of aromatic nitrogens is 5. The molecule has 0 radical (unpaired) electrons. The van der Waals surface area contributed by atoms with E-state index in [1.807, 2.05) is 25.5 Å². The van der Waals surface area contributed by atoms with Crippen molar-refractivity contribution in [2.45, 2.75) is 46.1 Å². The van der Waals surface area contributed by atoms with E-state index in [1.165, 1.54) is 16.7 Å². The molecule has 0 fully saturated rings. The number of hydrogen-bond acceptors (Lipinski definition) is 3. The molecule has 0 spiro atoms. The van der Waals surface area contributed by atoms with Crippen molar-refractivity contribution in [2.75, 3.05) is 0 Å². The van der Waals surface area contributed by atoms with Crippen molar-refractivity contribution in [3.63, 3.8) is 0 Å². The minimum absolute atomic E-state index is 0.323. The number of benzene rings is 2. The molecule has 5 heteroatoms. The van der Waals surface area contributed by atoms with Crippen LogP contribution in [0.4, 0.5) is 0 Å². The van der Waals surface area contributed by atoms with Gasteiger partial charge in [-0.3, -0.25) is 0 Å². The molecule has 1 atom stereocenters. The van der Waals surface area contributed by atoms with Crippen LogP contribution in [0.3, 0.4) is 0 Å². The van der Waals surface area contributed by atoms with Gasteiger partial charge in [0.1, 0.15) is 5.82 Å². The van der Waals surface area contributed by atoms with Crippen molar-refractivity contribution in [1.82, 2.24) is 24.3 Å². The Labute approximate surface area is 183 Å². The zero-order valence-electron chi connectivity index (χ0n) is 18.3. The first-order chi connectivity index (χ1) is 15.1. The molecule has 0 aliphatic carbocycles. The Morgan fingerprint density at radius 3 is 2.58 bits per heavy atom. The quantitative estimate of drug-likeness (QED) is 0.448. The second-order valence-electron chi connectivity index (χ2n) is 8.46. The lowest BCUT2D eigenvalue weighted by molar-refractivity contribution is 0.445. The highest BCUT2D eigenvalue weighted by molar-refractivity contribution is 5.68. The Morgan fingerprint density at radius 1 is 1.00 bits per heavy atom. The third-order valence-electron chi connectivity index (χ3n) is 6.01. The van der Waals surface area contributed by atoms with Gasteiger partial charge in [-0.2, -0.15) is 5.10 Å². The number of rotatable bonds is 4. The maximum Gasteiger partial charge on any atom is 0.174 e. The Morgan fingerprint density at radius 2 is 1.84 bits per heavy atom. The molecule has 0 bridgehead atoms. The van der Waals surface area contributed by atoms with Crippen molar-refractivity contribution in [3.8, 4) is 5.69 Å². The topological polar surface area (TPSA) is 48.5 Å². The molecule has 5 rings (SSSR count). The maximum absolute atomic E-state index is 4.89. The zero-order valence-corrected chi connectivity index (χ0v) is 18.3. The van der Waals surface area contributed by atoms with Crippen LogP contribution >= 0.6 is 0 Å². The highest BCUT2D eigenvalue weighted by Crippen LogP contribution is 2.32. The van der Waals surface area contributed by atoms with Crippen LogP contribution in [-0.2, 0) is 6.54 Å². The molecule has 1 aliphatic rings. The van der Waals surface area contributed by atoms with E-state index in [4.69, 9.17) is 10.1 Å². The molecule has 0 saturated heterocycles. The molecule has 1 aliphatic heterocycles. The normalized spacial score (nSPS) is 16.0. The lowest BCUT2D eigenvalue weighted by atomic mass is 9.91. The second kappa shape index (κ2) is 7.99. The second-order valence-corrected chi connectivity index (χ2v) is 8.46.